The summed E-state index contributed by atoms with van der Waals surface area (Å²) >= 11 is 13.4. The number of pyridine rings is 1. The van der Waals surface area contributed by atoms with E-state index in [2.05, 4.69) is 10.3 Å². The first-order valence-corrected chi connectivity index (χ1v) is 7.31. The number of halogens is 2. The number of rotatable bonds is 5. The van der Waals surface area contributed by atoms with Crippen LogP contribution in [0.3, 0.4) is 0 Å². The van der Waals surface area contributed by atoms with Crippen molar-refractivity contribution < 1.29 is 4.79 Å². The topological polar surface area (TPSA) is 42.0 Å². The summed E-state index contributed by atoms with van der Waals surface area (Å²) in [5.41, 5.74) is 0.176. The fraction of sp³-hybridized carbons (Fsp3) is 0.455. The van der Waals surface area contributed by atoms with Gasteiger partial charge in [0.1, 0.15) is 10.8 Å². The minimum Gasteiger partial charge on any atom is -0.348 e. The van der Waals surface area contributed by atoms with Crippen molar-refractivity contribution in [2.24, 2.45) is 0 Å². The van der Waals surface area contributed by atoms with Crippen molar-refractivity contribution in [3.8, 4) is 0 Å². The Labute approximate surface area is 115 Å². The number of thioether (sulfide) groups is 1. The SMILES string of the molecule is CSCCC(C)NC(=O)c1nc(Cl)ccc1Cl. The van der Waals surface area contributed by atoms with Crippen molar-refractivity contribution in [2.75, 3.05) is 12.0 Å². The third-order valence-electron chi connectivity index (χ3n) is 2.16. The maximum absolute atomic E-state index is 11.9. The molecule has 0 radical (unpaired) electrons. The molecule has 1 rings (SSSR count). The number of carbonyl (C=O) groups excluding carboxylic acids is 1. The molecule has 94 valence electrons. The summed E-state index contributed by atoms with van der Waals surface area (Å²) in [5.74, 6) is 0.712. The van der Waals surface area contributed by atoms with E-state index in [1.165, 1.54) is 0 Å². The second kappa shape index (κ2) is 7.09. The second-order valence-electron chi connectivity index (χ2n) is 3.62. The molecular formula is C11H14Cl2N2OS. The molecule has 6 heteroatoms. The van der Waals surface area contributed by atoms with Gasteiger partial charge in [0.25, 0.3) is 5.91 Å². The zero-order chi connectivity index (χ0) is 12.8. The Hall–Kier alpha value is -0.450. The molecule has 0 saturated heterocycles. The largest absolute Gasteiger partial charge is 0.348 e. The second-order valence-corrected chi connectivity index (χ2v) is 5.40. The molecule has 3 nitrogen and oxygen atoms in total. The van der Waals surface area contributed by atoms with Gasteiger partial charge in [-0.2, -0.15) is 11.8 Å². The normalized spacial score (nSPS) is 12.2. The van der Waals surface area contributed by atoms with E-state index < -0.39 is 0 Å². The zero-order valence-electron chi connectivity index (χ0n) is 9.67. The fourth-order valence-electron chi connectivity index (χ4n) is 1.24. The van der Waals surface area contributed by atoms with Crippen molar-refractivity contribution in [3.63, 3.8) is 0 Å². The molecule has 1 aromatic heterocycles. The van der Waals surface area contributed by atoms with Crippen molar-refractivity contribution in [1.82, 2.24) is 10.3 Å². The summed E-state index contributed by atoms with van der Waals surface area (Å²) in [4.78, 5) is 15.8. The van der Waals surface area contributed by atoms with Gasteiger partial charge in [-0.1, -0.05) is 23.2 Å². The lowest BCUT2D eigenvalue weighted by atomic mass is 10.2. The fourth-order valence-corrected chi connectivity index (χ4v) is 2.16. The van der Waals surface area contributed by atoms with Crippen LogP contribution in [0.1, 0.15) is 23.8 Å². The molecule has 0 aliphatic rings. The van der Waals surface area contributed by atoms with Crippen LogP contribution in [-0.4, -0.2) is 28.9 Å². The van der Waals surface area contributed by atoms with Crippen LogP contribution in [0.5, 0.6) is 0 Å². The monoisotopic (exact) mass is 292 g/mol. The number of aromatic nitrogens is 1. The van der Waals surface area contributed by atoms with Gasteiger partial charge in [0.2, 0.25) is 0 Å². The van der Waals surface area contributed by atoms with Gasteiger partial charge in [-0.15, -0.1) is 0 Å². The van der Waals surface area contributed by atoms with E-state index in [4.69, 9.17) is 23.2 Å². The highest BCUT2D eigenvalue weighted by molar-refractivity contribution is 7.98. The standard InChI is InChI=1S/C11H14Cl2N2OS/c1-7(5-6-17-2)14-11(16)10-8(12)3-4-9(13)15-10/h3-4,7H,5-6H2,1-2H3,(H,14,16). The van der Waals surface area contributed by atoms with E-state index in [1.807, 2.05) is 13.2 Å². The van der Waals surface area contributed by atoms with Crippen LogP contribution in [0, 0.1) is 0 Å². The molecule has 1 N–H and O–H groups in total. The number of hydrogen-bond donors (Lipinski definition) is 1. The van der Waals surface area contributed by atoms with Crippen LogP contribution >= 0.6 is 35.0 Å². The number of hydrogen-bond acceptors (Lipinski definition) is 3. The van der Waals surface area contributed by atoms with Crippen LogP contribution in [0.2, 0.25) is 10.2 Å². The minimum absolute atomic E-state index is 0.0896. The summed E-state index contributed by atoms with van der Waals surface area (Å²) in [6.45, 7) is 1.95. The van der Waals surface area contributed by atoms with E-state index in [1.54, 1.807) is 23.9 Å². The molecule has 1 aromatic rings. The van der Waals surface area contributed by atoms with E-state index in [0.717, 1.165) is 12.2 Å². The zero-order valence-corrected chi connectivity index (χ0v) is 12.0. The minimum atomic E-state index is -0.286. The third-order valence-corrected chi connectivity index (χ3v) is 3.32. The predicted octanol–water partition coefficient (Wildman–Crippen LogP) is 3.26. The summed E-state index contributed by atoms with van der Waals surface area (Å²) in [7, 11) is 0. The summed E-state index contributed by atoms with van der Waals surface area (Å²) < 4.78 is 0. The molecule has 1 unspecified atom stereocenters. The first-order chi connectivity index (χ1) is 8.04. The Morgan fingerprint density at radius 1 is 1.53 bits per heavy atom. The molecular weight excluding hydrogens is 279 g/mol. The highest BCUT2D eigenvalue weighted by atomic mass is 35.5. The molecule has 0 fully saturated rings. The van der Waals surface area contributed by atoms with Gasteiger partial charge in [0, 0.05) is 6.04 Å². The molecule has 1 amide bonds. The van der Waals surface area contributed by atoms with Gasteiger partial charge < -0.3 is 5.32 Å². The van der Waals surface area contributed by atoms with E-state index >= 15 is 0 Å². The average molecular weight is 293 g/mol. The first kappa shape index (κ1) is 14.6. The predicted molar refractivity (Wildman–Crippen MR) is 74.2 cm³/mol. The Bertz CT molecular complexity index is 401. The molecule has 0 saturated carbocycles. The van der Waals surface area contributed by atoms with Crippen LogP contribution < -0.4 is 5.32 Å². The number of nitrogens with zero attached hydrogens (tertiary/aromatic N) is 1. The van der Waals surface area contributed by atoms with Crippen molar-refractivity contribution in [3.05, 3.63) is 28.0 Å². The summed E-state index contributed by atoms with van der Waals surface area (Å²) in [6, 6.07) is 3.21. The van der Waals surface area contributed by atoms with E-state index in [9.17, 15) is 4.79 Å². The summed E-state index contributed by atoms with van der Waals surface area (Å²) in [6.07, 6.45) is 2.94. The number of carbonyl (C=O) groups is 1. The molecule has 0 aliphatic carbocycles. The van der Waals surface area contributed by atoms with Crippen molar-refractivity contribution in [1.29, 1.82) is 0 Å². The van der Waals surface area contributed by atoms with E-state index in [0.29, 0.717) is 5.02 Å². The molecule has 0 aliphatic heterocycles. The maximum atomic E-state index is 11.9. The molecule has 17 heavy (non-hydrogen) atoms. The van der Waals surface area contributed by atoms with Gasteiger partial charge in [-0.25, -0.2) is 4.98 Å². The van der Waals surface area contributed by atoms with Gasteiger partial charge in [-0.3, -0.25) is 4.79 Å². The lowest BCUT2D eigenvalue weighted by molar-refractivity contribution is 0.0934. The van der Waals surface area contributed by atoms with Gasteiger partial charge in [0.15, 0.2) is 0 Å². The smallest absolute Gasteiger partial charge is 0.271 e. The Morgan fingerprint density at radius 2 is 2.24 bits per heavy atom. The number of nitrogens with one attached hydrogen (secondary N) is 1. The first-order valence-electron chi connectivity index (χ1n) is 5.16. The van der Waals surface area contributed by atoms with Gasteiger partial charge in [-0.05, 0) is 37.5 Å². The Kier molecular flexibility index (Phi) is 6.09. The molecule has 0 spiro atoms. The third kappa shape index (κ3) is 4.74. The lowest BCUT2D eigenvalue weighted by Gasteiger charge is -2.13. The Balaban J connectivity index is 2.66. The molecule has 1 heterocycles. The molecule has 0 aromatic carbocycles. The van der Waals surface area contributed by atoms with Crippen molar-refractivity contribution in [2.45, 2.75) is 19.4 Å². The van der Waals surface area contributed by atoms with Crippen LogP contribution in [-0.2, 0) is 0 Å². The highest BCUT2D eigenvalue weighted by Gasteiger charge is 2.14. The van der Waals surface area contributed by atoms with Crippen LogP contribution in [0.15, 0.2) is 12.1 Å². The maximum Gasteiger partial charge on any atom is 0.271 e. The summed E-state index contributed by atoms with van der Waals surface area (Å²) in [5, 5.41) is 3.41. The Morgan fingerprint density at radius 3 is 2.88 bits per heavy atom. The average Bonchev–Trinajstić information content (AvgIpc) is 2.29. The quantitative estimate of drug-likeness (QED) is 0.847. The highest BCUT2D eigenvalue weighted by Crippen LogP contribution is 2.16. The molecule has 0 bridgehead atoms. The van der Waals surface area contributed by atoms with Crippen molar-refractivity contribution >= 4 is 40.9 Å². The van der Waals surface area contributed by atoms with Gasteiger partial charge >= 0.3 is 0 Å². The number of amides is 1. The van der Waals surface area contributed by atoms with Crippen LogP contribution in [0.25, 0.3) is 0 Å². The van der Waals surface area contributed by atoms with E-state index in [-0.39, 0.29) is 22.8 Å². The van der Waals surface area contributed by atoms with Crippen LogP contribution in [0.4, 0.5) is 0 Å². The van der Waals surface area contributed by atoms with Gasteiger partial charge in [0.05, 0.1) is 5.02 Å². The lowest BCUT2D eigenvalue weighted by Crippen LogP contribution is -2.33. The molecule has 1 atom stereocenters.